The lowest BCUT2D eigenvalue weighted by atomic mass is 9.65. The molecule has 3 fully saturated rings. The molecule has 8 heteroatoms. The first-order valence-corrected chi connectivity index (χ1v) is 11.4. The second-order valence-electron chi connectivity index (χ2n) is 11.3. The van der Waals surface area contributed by atoms with E-state index in [4.69, 9.17) is 4.74 Å². The molecule has 176 valence electrons. The van der Waals surface area contributed by atoms with E-state index in [2.05, 4.69) is 31.4 Å². The number of nitrogens with one attached hydrogen (secondary N) is 2. The smallest absolute Gasteiger partial charge is 0.246 e. The summed E-state index contributed by atoms with van der Waals surface area (Å²) in [6.45, 7) is 12.1. The van der Waals surface area contributed by atoms with Gasteiger partial charge >= 0.3 is 0 Å². The van der Waals surface area contributed by atoms with Crippen molar-refractivity contribution in [2.45, 2.75) is 90.0 Å². The molecule has 3 aliphatic heterocycles. The molecule has 3 saturated heterocycles. The SMILES string of the molecule is CC[C@@]12CCC3(O1)C(C(=O)NC(C)(C)CC(C)(C)C)N(CCO)C(=O)[C@@H]3[C@@H]2C(=O)NC. The molecule has 2 bridgehead atoms. The Labute approximate surface area is 185 Å². The van der Waals surface area contributed by atoms with Crippen LogP contribution in [0, 0.1) is 17.3 Å². The van der Waals surface area contributed by atoms with E-state index in [0.717, 1.165) is 6.42 Å². The van der Waals surface area contributed by atoms with Gasteiger partial charge in [0.2, 0.25) is 17.7 Å². The number of carbonyl (C=O) groups excluding carboxylic acids is 3. The van der Waals surface area contributed by atoms with Crippen molar-refractivity contribution in [2.75, 3.05) is 20.2 Å². The molecule has 0 radical (unpaired) electrons. The summed E-state index contributed by atoms with van der Waals surface area (Å²) >= 11 is 0. The summed E-state index contributed by atoms with van der Waals surface area (Å²) in [5, 5.41) is 15.5. The van der Waals surface area contributed by atoms with Crippen molar-refractivity contribution in [1.82, 2.24) is 15.5 Å². The van der Waals surface area contributed by atoms with Crippen LogP contribution in [0.1, 0.15) is 67.2 Å². The van der Waals surface area contributed by atoms with Crippen molar-refractivity contribution < 1.29 is 24.2 Å². The number of amides is 3. The Hall–Kier alpha value is -1.67. The van der Waals surface area contributed by atoms with E-state index in [0.29, 0.717) is 19.3 Å². The van der Waals surface area contributed by atoms with Gasteiger partial charge in [0, 0.05) is 19.1 Å². The van der Waals surface area contributed by atoms with Crippen molar-refractivity contribution in [3.05, 3.63) is 0 Å². The molecule has 3 heterocycles. The Morgan fingerprint density at radius 2 is 1.84 bits per heavy atom. The first-order valence-electron chi connectivity index (χ1n) is 11.4. The standard InChI is InChI=1S/C23H39N3O5/c1-8-22-9-10-23(31-22)15(14(22)17(28)24-7)19(30)26(11-12-27)16(23)18(29)25-21(5,6)13-20(2,3)4/h14-16,27H,8-13H2,1-7H3,(H,24,28)(H,25,29)/t14-,15+,16?,22+,23?/m1/s1. The molecule has 31 heavy (non-hydrogen) atoms. The fraction of sp³-hybridized carbons (Fsp3) is 0.870. The highest BCUT2D eigenvalue weighted by Gasteiger charge is 2.78. The number of hydrogen-bond acceptors (Lipinski definition) is 5. The van der Waals surface area contributed by atoms with Gasteiger partial charge in [0.05, 0.1) is 24.0 Å². The third-order valence-corrected chi connectivity index (χ3v) is 7.23. The van der Waals surface area contributed by atoms with Crippen LogP contribution in [0.15, 0.2) is 0 Å². The van der Waals surface area contributed by atoms with E-state index >= 15 is 0 Å². The normalized spacial score (nSPS) is 34.8. The van der Waals surface area contributed by atoms with Gasteiger partial charge in [-0.1, -0.05) is 27.7 Å². The number of hydrogen-bond donors (Lipinski definition) is 3. The van der Waals surface area contributed by atoms with Crippen LogP contribution < -0.4 is 10.6 Å². The fourth-order valence-corrected chi connectivity index (χ4v) is 6.69. The molecular formula is C23H39N3O5. The third kappa shape index (κ3) is 3.75. The molecule has 3 amide bonds. The Morgan fingerprint density at radius 1 is 1.19 bits per heavy atom. The van der Waals surface area contributed by atoms with Crippen molar-refractivity contribution in [3.63, 3.8) is 0 Å². The molecular weight excluding hydrogens is 398 g/mol. The van der Waals surface area contributed by atoms with Gasteiger partial charge in [-0.15, -0.1) is 0 Å². The van der Waals surface area contributed by atoms with E-state index < -0.39 is 34.6 Å². The first kappa shape index (κ1) is 24.0. The molecule has 3 N–H and O–H groups in total. The quantitative estimate of drug-likeness (QED) is 0.555. The lowest BCUT2D eigenvalue weighted by molar-refractivity contribution is -0.148. The van der Waals surface area contributed by atoms with Crippen LogP contribution in [0.3, 0.4) is 0 Å². The zero-order valence-corrected chi connectivity index (χ0v) is 20.0. The molecule has 3 aliphatic rings. The number of rotatable bonds is 7. The maximum absolute atomic E-state index is 13.7. The molecule has 8 nitrogen and oxygen atoms in total. The number of aliphatic hydroxyl groups excluding tert-OH is 1. The van der Waals surface area contributed by atoms with Gasteiger partial charge in [-0.05, 0) is 44.9 Å². The number of likely N-dealkylation sites (tertiary alicyclic amines) is 1. The largest absolute Gasteiger partial charge is 0.395 e. The van der Waals surface area contributed by atoms with Crippen molar-refractivity contribution >= 4 is 17.7 Å². The first-order chi connectivity index (χ1) is 14.3. The summed E-state index contributed by atoms with van der Waals surface area (Å²) in [5.74, 6) is -2.12. The van der Waals surface area contributed by atoms with E-state index in [9.17, 15) is 19.5 Å². The molecule has 1 spiro atoms. The maximum atomic E-state index is 13.7. The van der Waals surface area contributed by atoms with Gasteiger partial charge in [0.1, 0.15) is 11.6 Å². The lowest BCUT2D eigenvalue weighted by Gasteiger charge is -2.38. The van der Waals surface area contributed by atoms with E-state index in [-0.39, 0.29) is 36.3 Å². The van der Waals surface area contributed by atoms with Gasteiger partial charge in [0.15, 0.2) is 0 Å². The van der Waals surface area contributed by atoms with Crippen LogP contribution in [0.4, 0.5) is 0 Å². The van der Waals surface area contributed by atoms with Crippen LogP contribution >= 0.6 is 0 Å². The highest BCUT2D eigenvalue weighted by molar-refractivity contribution is 5.99. The monoisotopic (exact) mass is 437 g/mol. The Bertz CT molecular complexity index is 761. The molecule has 0 aliphatic carbocycles. The Balaban J connectivity index is 2.01. The van der Waals surface area contributed by atoms with Crippen LogP contribution in [0.2, 0.25) is 0 Å². The van der Waals surface area contributed by atoms with Crippen molar-refractivity contribution in [3.8, 4) is 0 Å². The van der Waals surface area contributed by atoms with Gasteiger partial charge < -0.3 is 25.4 Å². The van der Waals surface area contributed by atoms with E-state index in [1.807, 2.05) is 20.8 Å². The number of carbonyl (C=O) groups is 3. The second-order valence-corrected chi connectivity index (χ2v) is 11.3. The maximum Gasteiger partial charge on any atom is 0.246 e. The molecule has 2 unspecified atom stereocenters. The minimum Gasteiger partial charge on any atom is -0.395 e. The lowest BCUT2D eigenvalue weighted by Crippen LogP contribution is -2.59. The number of nitrogens with zero attached hydrogens (tertiary/aromatic N) is 1. The highest BCUT2D eigenvalue weighted by Crippen LogP contribution is 2.64. The van der Waals surface area contributed by atoms with Gasteiger partial charge in [-0.2, -0.15) is 0 Å². The van der Waals surface area contributed by atoms with Crippen LogP contribution in [-0.2, 0) is 19.1 Å². The van der Waals surface area contributed by atoms with Crippen molar-refractivity contribution in [1.29, 1.82) is 0 Å². The molecule has 3 rings (SSSR count). The minimum absolute atomic E-state index is 0.00672. The third-order valence-electron chi connectivity index (χ3n) is 7.23. The van der Waals surface area contributed by atoms with Gasteiger partial charge in [0.25, 0.3) is 0 Å². The van der Waals surface area contributed by atoms with Crippen LogP contribution in [-0.4, -0.2) is 70.7 Å². The summed E-state index contributed by atoms with van der Waals surface area (Å²) in [4.78, 5) is 41.5. The summed E-state index contributed by atoms with van der Waals surface area (Å²) in [7, 11) is 1.56. The number of β-amino-alcohol motifs (C(OH)–C–C–N with tert-alkyl or cyclic N) is 1. The number of ether oxygens (including phenoxy) is 1. The average molecular weight is 438 g/mol. The summed E-state index contributed by atoms with van der Waals surface area (Å²) in [5.41, 5.74) is -2.25. The number of aliphatic hydroxyl groups is 1. The minimum atomic E-state index is -1.04. The Kier molecular flexibility index (Phi) is 5.98. The molecule has 0 aromatic carbocycles. The number of fused-ring (bicyclic) bond motifs is 1. The zero-order chi connectivity index (χ0) is 23.4. The zero-order valence-electron chi connectivity index (χ0n) is 20.0. The predicted octanol–water partition coefficient (Wildman–Crippen LogP) is 1.21. The molecule has 0 saturated carbocycles. The van der Waals surface area contributed by atoms with Gasteiger partial charge in [-0.3, -0.25) is 14.4 Å². The average Bonchev–Trinajstić information content (AvgIpc) is 3.23. The summed E-state index contributed by atoms with van der Waals surface area (Å²) < 4.78 is 6.59. The predicted molar refractivity (Wildman–Crippen MR) is 116 cm³/mol. The van der Waals surface area contributed by atoms with Crippen molar-refractivity contribution in [2.24, 2.45) is 17.3 Å². The molecule has 0 aromatic rings. The fourth-order valence-electron chi connectivity index (χ4n) is 6.69. The summed E-state index contributed by atoms with van der Waals surface area (Å²) in [6.07, 6.45) is 2.53. The van der Waals surface area contributed by atoms with Gasteiger partial charge in [-0.25, -0.2) is 0 Å². The molecule has 5 atom stereocenters. The van der Waals surface area contributed by atoms with E-state index in [1.165, 1.54) is 4.90 Å². The topological polar surface area (TPSA) is 108 Å². The Morgan fingerprint density at radius 3 is 2.35 bits per heavy atom. The molecule has 0 aromatic heterocycles. The summed E-state index contributed by atoms with van der Waals surface area (Å²) in [6, 6.07) is -0.862. The highest BCUT2D eigenvalue weighted by atomic mass is 16.5. The van der Waals surface area contributed by atoms with Crippen LogP contribution in [0.5, 0.6) is 0 Å². The van der Waals surface area contributed by atoms with Crippen LogP contribution in [0.25, 0.3) is 0 Å². The van der Waals surface area contributed by atoms with E-state index in [1.54, 1.807) is 7.05 Å². The second kappa shape index (κ2) is 7.73.